The maximum absolute atomic E-state index is 13.1. The molecule has 0 aliphatic rings. The number of aliphatic hydroxyl groups excluding tert-OH is 2. The second-order valence-electron chi connectivity index (χ2n) is 15.5. The lowest BCUT2D eigenvalue weighted by Crippen LogP contribution is -2.46. The second-order valence-corrected chi connectivity index (χ2v) is 15.5. The SMILES string of the molecule is CC/C=C\C/C=C\C/C=C\C/C=C\C/C=C\CC(CC(=O)NC(CO)C(O)CCCCCCCCCCCC)OC(=O)CCCCCCC\C=C/C=C/C=C/C=C/CC. The fraction of sp³-hybridized carbons (Fsp3) is 0.623. The fourth-order valence-electron chi connectivity index (χ4n) is 6.40. The molecule has 0 aliphatic carbocycles. The summed E-state index contributed by atoms with van der Waals surface area (Å²) in [6, 6.07) is -0.742. The third kappa shape index (κ3) is 41.1. The molecule has 0 bridgehead atoms. The number of allylic oxidation sites excluding steroid dienone is 17. The summed E-state index contributed by atoms with van der Waals surface area (Å²) in [6.45, 7) is 6.16. The van der Waals surface area contributed by atoms with Crippen LogP contribution in [0.3, 0.4) is 0 Å². The topological polar surface area (TPSA) is 95.9 Å². The van der Waals surface area contributed by atoms with Crippen molar-refractivity contribution in [3.63, 3.8) is 0 Å². The average molecular weight is 818 g/mol. The Morgan fingerprint density at radius 1 is 0.542 bits per heavy atom. The standard InChI is InChI=1S/C53H87NO5/c1-4-7-10-13-16-19-22-24-26-28-30-32-35-38-41-44-49(59-53(58)46-43-40-37-34-31-29-27-25-23-20-17-14-11-8-5-2)47-52(57)54-50(48-55)51(56)45-42-39-36-33-21-18-15-12-9-6-3/h7-8,10-11,14,16-17,19-20,23-27,30,32,38,41,49-51,55-56H,4-6,9,12-13,15,18,21-22,28-29,31,33-37,39-40,42-48H2,1-3H3,(H,54,57)/b10-7-,11-8+,17-14+,19-16-,23-20+,26-24-,27-25-,32-30-,41-38-. The van der Waals surface area contributed by atoms with E-state index in [9.17, 15) is 19.8 Å². The van der Waals surface area contributed by atoms with Crippen LogP contribution in [0.25, 0.3) is 0 Å². The van der Waals surface area contributed by atoms with Crippen LogP contribution in [0.4, 0.5) is 0 Å². The maximum atomic E-state index is 13.1. The molecular weight excluding hydrogens is 731 g/mol. The molecule has 0 aromatic carbocycles. The number of hydrogen-bond donors (Lipinski definition) is 3. The molecule has 0 radical (unpaired) electrons. The Morgan fingerprint density at radius 3 is 1.58 bits per heavy atom. The Balaban J connectivity index is 4.83. The lowest BCUT2D eigenvalue weighted by molar-refractivity contribution is -0.150. The molecule has 0 rings (SSSR count). The number of hydrogen-bond acceptors (Lipinski definition) is 5. The van der Waals surface area contributed by atoms with Gasteiger partial charge in [-0.2, -0.15) is 0 Å². The van der Waals surface area contributed by atoms with Gasteiger partial charge in [-0.25, -0.2) is 0 Å². The molecule has 0 aromatic rings. The summed E-state index contributed by atoms with van der Waals surface area (Å²) in [4.78, 5) is 26.0. The highest BCUT2D eigenvalue weighted by molar-refractivity contribution is 5.77. The van der Waals surface area contributed by atoms with Gasteiger partial charge in [-0.15, -0.1) is 0 Å². The van der Waals surface area contributed by atoms with Gasteiger partial charge in [-0.3, -0.25) is 9.59 Å². The Labute approximate surface area is 362 Å². The van der Waals surface area contributed by atoms with E-state index in [2.05, 4.69) is 105 Å². The number of carbonyl (C=O) groups is 2. The maximum Gasteiger partial charge on any atom is 0.306 e. The van der Waals surface area contributed by atoms with E-state index in [1.54, 1.807) is 0 Å². The van der Waals surface area contributed by atoms with E-state index in [1.807, 2.05) is 30.4 Å². The lowest BCUT2D eigenvalue weighted by Gasteiger charge is -2.24. The molecule has 3 unspecified atom stereocenters. The summed E-state index contributed by atoms with van der Waals surface area (Å²) >= 11 is 0. The Morgan fingerprint density at radius 2 is 1.02 bits per heavy atom. The molecule has 3 N–H and O–H groups in total. The first-order chi connectivity index (χ1) is 29.0. The molecule has 0 heterocycles. The molecule has 0 saturated carbocycles. The highest BCUT2D eigenvalue weighted by Crippen LogP contribution is 2.15. The summed E-state index contributed by atoms with van der Waals surface area (Å²) in [5.41, 5.74) is 0. The van der Waals surface area contributed by atoms with Crippen molar-refractivity contribution in [1.29, 1.82) is 0 Å². The van der Waals surface area contributed by atoms with Crippen LogP contribution < -0.4 is 5.32 Å². The molecule has 1 amide bonds. The van der Waals surface area contributed by atoms with Crippen LogP contribution in [-0.4, -0.2) is 46.9 Å². The summed E-state index contributed by atoms with van der Waals surface area (Å²) in [5, 5.41) is 23.6. The normalized spacial score (nSPS) is 14.3. The number of ether oxygens (including phenoxy) is 1. The largest absolute Gasteiger partial charge is 0.461 e. The molecule has 0 spiro atoms. The van der Waals surface area contributed by atoms with Gasteiger partial charge in [-0.1, -0.05) is 214 Å². The van der Waals surface area contributed by atoms with E-state index in [4.69, 9.17) is 4.74 Å². The zero-order valence-electron chi connectivity index (χ0n) is 37.8. The first-order valence-electron chi connectivity index (χ1n) is 23.7. The van der Waals surface area contributed by atoms with Crippen LogP contribution in [0.2, 0.25) is 0 Å². The number of carbonyl (C=O) groups excluding carboxylic acids is 2. The smallest absolute Gasteiger partial charge is 0.306 e. The Bertz CT molecular complexity index is 1240. The summed E-state index contributed by atoms with van der Waals surface area (Å²) in [6.07, 6.45) is 61.6. The molecule has 0 aromatic heterocycles. The highest BCUT2D eigenvalue weighted by atomic mass is 16.5. The van der Waals surface area contributed by atoms with Crippen LogP contribution >= 0.6 is 0 Å². The average Bonchev–Trinajstić information content (AvgIpc) is 3.23. The van der Waals surface area contributed by atoms with Crippen molar-refractivity contribution in [2.75, 3.05) is 6.61 Å². The quantitative estimate of drug-likeness (QED) is 0.0248. The summed E-state index contributed by atoms with van der Waals surface area (Å²) in [5.74, 6) is -0.620. The zero-order chi connectivity index (χ0) is 43.1. The van der Waals surface area contributed by atoms with Gasteiger partial charge >= 0.3 is 5.97 Å². The van der Waals surface area contributed by atoms with Gasteiger partial charge < -0.3 is 20.3 Å². The number of unbranched alkanes of at least 4 members (excludes halogenated alkanes) is 14. The van der Waals surface area contributed by atoms with Crippen LogP contribution in [0.5, 0.6) is 0 Å². The minimum Gasteiger partial charge on any atom is -0.461 e. The van der Waals surface area contributed by atoms with E-state index in [0.29, 0.717) is 19.3 Å². The van der Waals surface area contributed by atoms with Gasteiger partial charge in [0, 0.05) is 12.8 Å². The molecule has 334 valence electrons. The number of nitrogens with one attached hydrogen (secondary N) is 1. The van der Waals surface area contributed by atoms with Crippen molar-refractivity contribution in [1.82, 2.24) is 5.32 Å². The van der Waals surface area contributed by atoms with Gasteiger partial charge in [0.1, 0.15) is 6.10 Å². The molecule has 59 heavy (non-hydrogen) atoms. The van der Waals surface area contributed by atoms with E-state index in [1.165, 1.54) is 44.9 Å². The minimum atomic E-state index is -0.821. The van der Waals surface area contributed by atoms with Crippen molar-refractivity contribution in [3.8, 4) is 0 Å². The first-order valence-corrected chi connectivity index (χ1v) is 23.7. The van der Waals surface area contributed by atoms with Crippen molar-refractivity contribution in [3.05, 3.63) is 109 Å². The second kappa shape index (κ2) is 45.6. The molecular formula is C53H87NO5. The molecule has 3 atom stereocenters. The van der Waals surface area contributed by atoms with Gasteiger partial charge in [0.15, 0.2) is 0 Å². The van der Waals surface area contributed by atoms with E-state index in [-0.39, 0.29) is 24.9 Å². The monoisotopic (exact) mass is 818 g/mol. The molecule has 0 aliphatic heterocycles. The van der Waals surface area contributed by atoms with Gasteiger partial charge in [0.25, 0.3) is 0 Å². The molecule has 6 heteroatoms. The number of esters is 1. The van der Waals surface area contributed by atoms with Crippen LogP contribution in [0.1, 0.15) is 188 Å². The van der Waals surface area contributed by atoms with E-state index >= 15 is 0 Å². The number of rotatable bonds is 40. The minimum absolute atomic E-state index is 0.0174. The van der Waals surface area contributed by atoms with Crippen molar-refractivity contribution in [2.45, 2.75) is 206 Å². The van der Waals surface area contributed by atoms with Gasteiger partial charge in [-0.05, 0) is 64.2 Å². The lowest BCUT2D eigenvalue weighted by atomic mass is 10.0. The van der Waals surface area contributed by atoms with E-state index in [0.717, 1.165) is 96.3 Å². The molecule has 0 saturated heterocycles. The zero-order valence-corrected chi connectivity index (χ0v) is 37.8. The van der Waals surface area contributed by atoms with E-state index < -0.39 is 18.2 Å². The van der Waals surface area contributed by atoms with Crippen LogP contribution in [0.15, 0.2) is 109 Å². The first kappa shape index (κ1) is 55.5. The third-order valence-electron chi connectivity index (χ3n) is 9.94. The van der Waals surface area contributed by atoms with Crippen LogP contribution in [0, 0.1) is 0 Å². The Hall–Kier alpha value is -3.48. The predicted octanol–water partition coefficient (Wildman–Crippen LogP) is 13.9. The summed E-state index contributed by atoms with van der Waals surface area (Å²) < 4.78 is 5.84. The van der Waals surface area contributed by atoms with Crippen LogP contribution in [-0.2, 0) is 14.3 Å². The van der Waals surface area contributed by atoms with Crippen molar-refractivity contribution >= 4 is 11.9 Å². The van der Waals surface area contributed by atoms with Crippen molar-refractivity contribution in [2.24, 2.45) is 0 Å². The molecule has 6 nitrogen and oxygen atoms in total. The van der Waals surface area contributed by atoms with Gasteiger partial charge in [0.2, 0.25) is 5.91 Å². The Kier molecular flexibility index (Phi) is 42.9. The third-order valence-corrected chi connectivity index (χ3v) is 9.94. The predicted molar refractivity (Wildman–Crippen MR) is 254 cm³/mol. The highest BCUT2D eigenvalue weighted by Gasteiger charge is 2.23. The molecule has 0 fully saturated rings. The van der Waals surface area contributed by atoms with Crippen molar-refractivity contribution < 1.29 is 24.5 Å². The number of amides is 1. The summed E-state index contributed by atoms with van der Waals surface area (Å²) in [7, 11) is 0. The van der Waals surface area contributed by atoms with Gasteiger partial charge in [0.05, 0.1) is 25.2 Å². The number of aliphatic hydroxyl groups is 2. The fourth-order valence-corrected chi connectivity index (χ4v) is 6.40.